The van der Waals surface area contributed by atoms with Crippen LogP contribution >= 0.6 is 0 Å². The minimum atomic E-state index is -0.135. The van der Waals surface area contributed by atoms with Gasteiger partial charge in [0.2, 0.25) is 0 Å². The van der Waals surface area contributed by atoms with Crippen molar-refractivity contribution >= 4 is 6.09 Å². The van der Waals surface area contributed by atoms with E-state index in [9.17, 15) is 4.79 Å². The molecule has 2 aliphatic rings. The van der Waals surface area contributed by atoms with Crippen molar-refractivity contribution in [2.24, 2.45) is 5.92 Å². The quantitative estimate of drug-likeness (QED) is 0.632. The molecule has 2 saturated heterocycles. The van der Waals surface area contributed by atoms with Gasteiger partial charge in [0.1, 0.15) is 0 Å². The molecule has 3 unspecified atom stereocenters. The van der Waals surface area contributed by atoms with Crippen LogP contribution in [0.2, 0.25) is 0 Å². The molecule has 0 radical (unpaired) electrons. The number of hydrogen-bond acceptors (Lipinski definition) is 2. The van der Waals surface area contributed by atoms with Gasteiger partial charge in [-0.05, 0) is 32.1 Å². The zero-order valence-corrected chi connectivity index (χ0v) is 8.61. The average Bonchev–Trinajstić information content (AvgIpc) is 2.74. The molecule has 1 amide bonds. The highest BCUT2D eigenvalue weighted by atomic mass is 16.6. The molecule has 0 spiro atoms. The highest BCUT2D eigenvalue weighted by Gasteiger charge is 2.47. The summed E-state index contributed by atoms with van der Waals surface area (Å²) >= 11 is 0. The van der Waals surface area contributed by atoms with E-state index in [0.717, 1.165) is 19.3 Å². The molecule has 2 aliphatic heterocycles. The lowest BCUT2D eigenvalue weighted by Crippen LogP contribution is -2.36. The lowest BCUT2D eigenvalue weighted by molar-refractivity contribution is 0.100. The third-order valence-electron chi connectivity index (χ3n) is 3.37. The molecule has 2 heterocycles. The van der Waals surface area contributed by atoms with Crippen molar-refractivity contribution in [1.82, 2.24) is 4.90 Å². The minimum absolute atomic E-state index is 0.135. The van der Waals surface area contributed by atoms with Gasteiger partial charge in [0.05, 0.1) is 6.61 Å². The van der Waals surface area contributed by atoms with Crippen LogP contribution < -0.4 is 0 Å². The lowest BCUT2D eigenvalue weighted by atomic mass is 9.89. The average molecular weight is 195 g/mol. The van der Waals surface area contributed by atoms with E-state index in [1.165, 1.54) is 0 Å². The van der Waals surface area contributed by atoms with Crippen LogP contribution in [0.25, 0.3) is 0 Å². The lowest BCUT2D eigenvalue weighted by Gasteiger charge is -2.22. The van der Waals surface area contributed by atoms with Crippen LogP contribution in [0.15, 0.2) is 12.7 Å². The fourth-order valence-corrected chi connectivity index (χ4v) is 2.77. The van der Waals surface area contributed by atoms with Crippen molar-refractivity contribution in [2.75, 3.05) is 6.61 Å². The number of ether oxygens (including phenoxy) is 1. The Morgan fingerprint density at radius 1 is 1.64 bits per heavy atom. The van der Waals surface area contributed by atoms with Crippen LogP contribution in [0.5, 0.6) is 0 Å². The smallest absolute Gasteiger partial charge is 0.410 e. The summed E-state index contributed by atoms with van der Waals surface area (Å²) in [6, 6.07) is 0.763. The zero-order valence-electron chi connectivity index (χ0n) is 8.61. The van der Waals surface area contributed by atoms with E-state index in [-0.39, 0.29) is 6.09 Å². The minimum Gasteiger partial charge on any atom is -0.450 e. The van der Waals surface area contributed by atoms with Gasteiger partial charge >= 0.3 is 6.09 Å². The molecule has 0 aromatic heterocycles. The Labute approximate surface area is 84.7 Å². The molecule has 2 rings (SSSR count). The van der Waals surface area contributed by atoms with Crippen LogP contribution in [0.3, 0.4) is 0 Å². The molecule has 78 valence electrons. The monoisotopic (exact) mass is 195 g/mol. The van der Waals surface area contributed by atoms with Crippen LogP contribution in [0.1, 0.15) is 26.2 Å². The molecule has 2 fully saturated rings. The van der Waals surface area contributed by atoms with Crippen molar-refractivity contribution in [3.63, 3.8) is 0 Å². The molecule has 0 aromatic carbocycles. The number of fused-ring (bicyclic) bond motifs is 2. The normalized spacial score (nSPS) is 34.6. The van der Waals surface area contributed by atoms with E-state index in [4.69, 9.17) is 4.74 Å². The molecular weight excluding hydrogens is 178 g/mol. The largest absolute Gasteiger partial charge is 0.450 e. The van der Waals surface area contributed by atoms with E-state index in [1.54, 1.807) is 0 Å². The first kappa shape index (κ1) is 9.56. The SMILES string of the molecule is C=CC1CC2CCC1N2C(=O)OCC. The van der Waals surface area contributed by atoms with Crippen molar-refractivity contribution in [2.45, 2.75) is 38.3 Å². The van der Waals surface area contributed by atoms with Crippen LogP contribution in [-0.2, 0) is 4.74 Å². The third-order valence-corrected chi connectivity index (χ3v) is 3.37. The Hall–Kier alpha value is -0.990. The number of nitrogens with zero attached hydrogens (tertiary/aromatic N) is 1. The van der Waals surface area contributed by atoms with Crippen LogP contribution in [0, 0.1) is 5.92 Å². The number of rotatable bonds is 2. The van der Waals surface area contributed by atoms with Crippen molar-refractivity contribution in [3.05, 3.63) is 12.7 Å². The van der Waals surface area contributed by atoms with E-state index in [1.807, 2.05) is 17.9 Å². The molecule has 0 aliphatic carbocycles. The van der Waals surface area contributed by atoms with Gasteiger partial charge in [0.15, 0.2) is 0 Å². The first-order valence-electron chi connectivity index (χ1n) is 5.35. The summed E-state index contributed by atoms with van der Waals surface area (Å²) in [6.07, 6.45) is 5.17. The Kier molecular flexibility index (Phi) is 2.48. The van der Waals surface area contributed by atoms with E-state index >= 15 is 0 Å². The van der Waals surface area contributed by atoms with Crippen LogP contribution in [-0.4, -0.2) is 29.7 Å². The van der Waals surface area contributed by atoms with Gasteiger partial charge in [-0.15, -0.1) is 6.58 Å². The first-order chi connectivity index (χ1) is 6.77. The summed E-state index contributed by atoms with van der Waals surface area (Å²) < 4.78 is 5.05. The van der Waals surface area contributed by atoms with Gasteiger partial charge in [-0.1, -0.05) is 6.08 Å². The van der Waals surface area contributed by atoms with Gasteiger partial charge in [0.25, 0.3) is 0 Å². The highest BCUT2D eigenvalue weighted by Crippen LogP contribution is 2.42. The Balaban J connectivity index is 2.07. The number of carbonyl (C=O) groups excluding carboxylic acids is 1. The summed E-state index contributed by atoms with van der Waals surface area (Å²) in [5, 5.41) is 0. The summed E-state index contributed by atoms with van der Waals surface area (Å²) in [5.41, 5.74) is 0. The van der Waals surface area contributed by atoms with Crippen molar-refractivity contribution in [3.8, 4) is 0 Å². The zero-order chi connectivity index (χ0) is 10.1. The Morgan fingerprint density at radius 3 is 3.00 bits per heavy atom. The standard InChI is InChI=1S/C11H17NO2/c1-3-8-7-9-5-6-10(8)12(9)11(13)14-4-2/h3,8-10H,1,4-7H2,2H3. The number of carbonyl (C=O) groups is 1. The number of amides is 1. The Morgan fingerprint density at radius 2 is 2.43 bits per heavy atom. The molecule has 0 saturated carbocycles. The maximum Gasteiger partial charge on any atom is 0.410 e. The fraction of sp³-hybridized carbons (Fsp3) is 0.727. The maximum absolute atomic E-state index is 11.6. The molecule has 0 aromatic rings. The van der Waals surface area contributed by atoms with E-state index < -0.39 is 0 Å². The fourth-order valence-electron chi connectivity index (χ4n) is 2.77. The summed E-state index contributed by atoms with van der Waals surface area (Å²) in [4.78, 5) is 13.6. The van der Waals surface area contributed by atoms with Crippen molar-refractivity contribution < 1.29 is 9.53 Å². The first-order valence-corrected chi connectivity index (χ1v) is 5.35. The predicted octanol–water partition coefficient (Wildman–Crippen LogP) is 2.18. The topological polar surface area (TPSA) is 29.5 Å². The van der Waals surface area contributed by atoms with Gasteiger partial charge < -0.3 is 9.64 Å². The maximum atomic E-state index is 11.6. The van der Waals surface area contributed by atoms with Crippen LogP contribution in [0.4, 0.5) is 4.79 Å². The highest BCUT2D eigenvalue weighted by molar-refractivity contribution is 5.69. The van der Waals surface area contributed by atoms with Gasteiger partial charge in [-0.3, -0.25) is 0 Å². The van der Waals surface area contributed by atoms with E-state index in [2.05, 4.69) is 6.58 Å². The molecule has 3 atom stereocenters. The molecule has 3 heteroatoms. The molecule has 14 heavy (non-hydrogen) atoms. The predicted molar refractivity (Wildman–Crippen MR) is 54.0 cm³/mol. The molecular formula is C11H17NO2. The van der Waals surface area contributed by atoms with Gasteiger partial charge in [-0.2, -0.15) is 0 Å². The van der Waals surface area contributed by atoms with Gasteiger partial charge in [-0.25, -0.2) is 4.79 Å². The molecule has 3 nitrogen and oxygen atoms in total. The second-order valence-electron chi connectivity index (χ2n) is 4.04. The second kappa shape index (κ2) is 3.64. The summed E-state index contributed by atoms with van der Waals surface area (Å²) in [6.45, 7) is 6.14. The van der Waals surface area contributed by atoms with Gasteiger partial charge in [0, 0.05) is 12.1 Å². The van der Waals surface area contributed by atoms with E-state index in [0.29, 0.717) is 24.6 Å². The number of hydrogen-bond donors (Lipinski definition) is 0. The third kappa shape index (κ3) is 1.31. The second-order valence-corrected chi connectivity index (χ2v) is 4.04. The summed E-state index contributed by atoms with van der Waals surface area (Å²) in [5.74, 6) is 0.484. The molecule has 0 N–H and O–H groups in total. The Bertz CT molecular complexity index is 252. The summed E-state index contributed by atoms with van der Waals surface area (Å²) in [7, 11) is 0. The van der Waals surface area contributed by atoms with Crippen molar-refractivity contribution in [1.29, 1.82) is 0 Å². The molecule has 2 bridgehead atoms.